The fraction of sp³-hybridized carbons (Fsp3) is 0.533. The van der Waals surface area contributed by atoms with Gasteiger partial charge in [-0.1, -0.05) is 18.2 Å². The van der Waals surface area contributed by atoms with Crippen molar-refractivity contribution in [3.8, 4) is 0 Å². The molecule has 1 N–H and O–H groups in total. The van der Waals surface area contributed by atoms with Gasteiger partial charge in [0.2, 0.25) is 0 Å². The number of hydrogen-bond donors (Lipinski definition) is 1. The van der Waals surface area contributed by atoms with E-state index in [9.17, 15) is 9.18 Å². The Morgan fingerprint density at radius 3 is 2.79 bits per heavy atom. The molecule has 4 heteroatoms. The number of carboxylic acid groups (broad SMARTS) is 1. The lowest BCUT2D eigenvalue weighted by Gasteiger charge is -2.29. The third-order valence-corrected chi connectivity index (χ3v) is 4.16. The molecular formula is C15H20FNO2. The molecule has 0 radical (unpaired) electrons. The molecule has 0 spiro atoms. The summed E-state index contributed by atoms with van der Waals surface area (Å²) in [6.07, 6.45) is 1.29. The van der Waals surface area contributed by atoms with E-state index in [2.05, 4.69) is 4.90 Å². The van der Waals surface area contributed by atoms with E-state index < -0.39 is 5.97 Å². The zero-order valence-electron chi connectivity index (χ0n) is 11.3. The third kappa shape index (κ3) is 2.95. The smallest absolute Gasteiger partial charge is 0.308 e. The highest BCUT2D eigenvalue weighted by Gasteiger charge is 2.37. The van der Waals surface area contributed by atoms with Crippen molar-refractivity contribution < 1.29 is 14.3 Å². The molecule has 0 aliphatic carbocycles. The zero-order valence-corrected chi connectivity index (χ0v) is 11.3. The lowest BCUT2D eigenvalue weighted by molar-refractivity contribution is -0.142. The van der Waals surface area contributed by atoms with E-state index in [0.717, 1.165) is 6.54 Å². The van der Waals surface area contributed by atoms with Gasteiger partial charge in [-0.3, -0.25) is 9.69 Å². The van der Waals surface area contributed by atoms with E-state index in [0.29, 0.717) is 18.4 Å². The van der Waals surface area contributed by atoms with Crippen molar-refractivity contribution in [1.82, 2.24) is 4.90 Å². The van der Waals surface area contributed by atoms with Crippen LogP contribution < -0.4 is 0 Å². The molecule has 1 saturated heterocycles. The van der Waals surface area contributed by atoms with Crippen LogP contribution >= 0.6 is 0 Å². The molecule has 0 amide bonds. The van der Waals surface area contributed by atoms with Gasteiger partial charge >= 0.3 is 5.97 Å². The van der Waals surface area contributed by atoms with Crippen molar-refractivity contribution in [2.75, 3.05) is 6.54 Å². The molecule has 19 heavy (non-hydrogen) atoms. The van der Waals surface area contributed by atoms with Crippen molar-refractivity contribution in [3.63, 3.8) is 0 Å². The van der Waals surface area contributed by atoms with E-state index in [1.54, 1.807) is 12.1 Å². The van der Waals surface area contributed by atoms with Crippen LogP contribution in [0.4, 0.5) is 4.39 Å². The first-order chi connectivity index (χ1) is 9.00. The lowest BCUT2D eigenvalue weighted by atomic mass is 10.0. The van der Waals surface area contributed by atoms with Gasteiger partial charge in [0.25, 0.3) is 0 Å². The van der Waals surface area contributed by atoms with Gasteiger partial charge in [-0.15, -0.1) is 0 Å². The number of rotatable bonds is 4. The van der Waals surface area contributed by atoms with Crippen molar-refractivity contribution >= 4 is 5.97 Å². The van der Waals surface area contributed by atoms with Crippen LogP contribution in [-0.2, 0) is 11.2 Å². The Balaban J connectivity index is 2.03. The summed E-state index contributed by atoms with van der Waals surface area (Å²) in [5, 5.41) is 9.13. The van der Waals surface area contributed by atoms with Crippen LogP contribution in [0.25, 0.3) is 0 Å². The minimum absolute atomic E-state index is 0.0132. The number of carbonyl (C=O) groups is 1. The van der Waals surface area contributed by atoms with Gasteiger partial charge in [0, 0.05) is 12.1 Å². The van der Waals surface area contributed by atoms with Gasteiger partial charge in [0.15, 0.2) is 0 Å². The van der Waals surface area contributed by atoms with E-state index in [4.69, 9.17) is 5.11 Å². The number of hydrogen-bond acceptors (Lipinski definition) is 2. The monoisotopic (exact) mass is 265 g/mol. The molecule has 1 heterocycles. The first kappa shape index (κ1) is 14.0. The normalized spacial score (nSPS) is 25.4. The van der Waals surface area contributed by atoms with Gasteiger partial charge in [0.05, 0.1) is 5.92 Å². The van der Waals surface area contributed by atoms with Crippen LogP contribution in [0.1, 0.15) is 25.8 Å². The van der Waals surface area contributed by atoms with Crippen LogP contribution in [0.3, 0.4) is 0 Å². The number of benzene rings is 1. The molecule has 3 unspecified atom stereocenters. The molecule has 3 atom stereocenters. The van der Waals surface area contributed by atoms with Crippen LogP contribution in [0, 0.1) is 11.7 Å². The molecule has 1 fully saturated rings. The molecule has 104 valence electrons. The largest absolute Gasteiger partial charge is 0.481 e. The molecule has 0 aromatic heterocycles. The topological polar surface area (TPSA) is 40.5 Å². The zero-order chi connectivity index (χ0) is 14.0. The fourth-order valence-corrected chi connectivity index (χ4v) is 3.02. The third-order valence-electron chi connectivity index (χ3n) is 4.16. The average Bonchev–Trinajstić information content (AvgIpc) is 2.74. The van der Waals surface area contributed by atoms with Gasteiger partial charge in [-0.25, -0.2) is 4.39 Å². The number of likely N-dealkylation sites (tertiary alicyclic amines) is 1. The van der Waals surface area contributed by atoms with Crippen LogP contribution in [0.5, 0.6) is 0 Å². The Morgan fingerprint density at radius 1 is 1.53 bits per heavy atom. The minimum atomic E-state index is -0.729. The summed E-state index contributed by atoms with van der Waals surface area (Å²) in [5.41, 5.74) is 0.695. The molecule has 1 aliphatic rings. The predicted octanol–water partition coefficient (Wildman–Crippen LogP) is 2.55. The van der Waals surface area contributed by atoms with E-state index in [-0.39, 0.29) is 23.8 Å². The summed E-state index contributed by atoms with van der Waals surface area (Å²) < 4.78 is 13.6. The molecule has 0 saturated carbocycles. The molecule has 2 rings (SSSR count). The minimum Gasteiger partial charge on any atom is -0.481 e. The van der Waals surface area contributed by atoms with Gasteiger partial charge in [-0.05, 0) is 44.9 Å². The Hall–Kier alpha value is -1.42. The van der Waals surface area contributed by atoms with Crippen molar-refractivity contribution in [2.45, 2.75) is 38.8 Å². The Bertz CT molecular complexity index is 463. The molecule has 0 bridgehead atoms. The van der Waals surface area contributed by atoms with Crippen molar-refractivity contribution in [3.05, 3.63) is 35.6 Å². The maximum atomic E-state index is 13.6. The number of halogens is 1. The summed E-state index contributed by atoms with van der Waals surface area (Å²) >= 11 is 0. The number of carboxylic acids is 1. The Morgan fingerprint density at radius 2 is 2.21 bits per heavy atom. The van der Waals surface area contributed by atoms with Crippen LogP contribution in [-0.4, -0.2) is 34.6 Å². The van der Waals surface area contributed by atoms with E-state index in [1.165, 1.54) is 6.07 Å². The van der Waals surface area contributed by atoms with E-state index >= 15 is 0 Å². The highest BCUT2D eigenvalue weighted by atomic mass is 19.1. The highest BCUT2D eigenvalue weighted by Crippen LogP contribution is 2.27. The van der Waals surface area contributed by atoms with Gasteiger partial charge < -0.3 is 5.11 Å². The van der Waals surface area contributed by atoms with Crippen LogP contribution in [0.2, 0.25) is 0 Å². The fourth-order valence-electron chi connectivity index (χ4n) is 3.02. The quantitative estimate of drug-likeness (QED) is 0.909. The SMILES string of the molecule is CC(Cc1ccccc1F)N1CCC(C(=O)O)C1C. The second-order valence-electron chi connectivity index (χ2n) is 5.36. The van der Waals surface area contributed by atoms with Crippen molar-refractivity contribution in [1.29, 1.82) is 0 Å². The summed E-state index contributed by atoms with van der Waals surface area (Å²) in [5.74, 6) is -1.22. The molecule has 1 aromatic carbocycles. The first-order valence-electron chi connectivity index (χ1n) is 6.72. The Kier molecular flexibility index (Phi) is 4.20. The first-order valence-corrected chi connectivity index (χ1v) is 6.72. The number of nitrogens with zero attached hydrogens (tertiary/aromatic N) is 1. The Labute approximate surface area is 113 Å². The summed E-state index contributed by atoms with van der Waals surface area (Å²) in [7, 11) is 0. The average molecular weight is 265 g/mol. The lowest BCUT2D eigenvalue weighted by Crippen LogP contribution is -2.40. The van der Waals surface area contributed by atoms with Crippen LogP contribution in [0.15, 0.2) is 24.3 Å². The maximum absolute atomic E-state index is 13.6. The molecule has 1 aromatic rings. The summed E-state index contributed by atoms with van der Waals surface area (Å²) in [6.45, 7) is 4.75. The van der Waals surface area contributed by atoms with Crippen molar-refractivity contribution in [2.24, 2.45) is 5.92 Å². The highest BCUT2D eigenvalue weighted by molar-refractivity contribution is 5.71. The van der Waals surface area contributed by atoms with E-state index in [1.807, 2.05) is 19.9 Å². The maximum Gasteiger partial charge on any atom is 0.308 e. The van der Waals surface area contributed by atoms with Gasteiger partial charge in [0.1, 0.15) is 5.82 Å². The number of aliphatic carboxylic acids is 1. The molecule has 3 nitrogen and oxygen atoms in total. The standard InChI is InChI=1S/C15H20FNO2/c1-10(9-12-5-3-4-6-14(12)16)17-8-7-13(11(17)2)15(18)19/h3-6,10-11,13H,7-9H2,1-2H3,(H,18,19). The molecule has 1 aliphatic heterocycles. The second-order valence-corrected chi connectivity index (χ2v) is 5.36. The summed E-state index contributed by atoms with van der Waals surface area (Å²) in [4.78, 5) is 13.3. The predicted molar refractivity (Wildman–Crippen MR) is 71.5 cm³/mol. The molecular weight excluding hydrogens is 245 g/mol. The second kappa shape index (κ2) is 5.70. The van der Waals surface area contributed by atoms with Gasteiger partial charge in [-0.2, -0.15) is 0 Å². The summed E-state index contributed by atoms with van der Waals surface area (Å²) in [6, 6.07) is 6.94.